The van der Waals surface area contributed by atoms with E-state index in [0.717, 1.165) is 27.8 Å². The molecule has 26 heavy (non-hydrogen) atoms. The number of hydrogen-bond donors (Lipinski definition) is 1. The van der Waals surface area contributed by atoms with E-state index in [1.165, 1.54) is 0 Å². The smallest absolute Gasteiger partial charge is 0.213 e. The molecule has 1 N–H and O–H groups in total. The van der Waals surface area contributed by atoms with Gasteiger partial charge in [0.1, 0.15) is 5.82 Å². The summed E-state index contributed by atoms with van der Waals surface area (Å²) in [6.07, 6.45) is 5.21. The quantitative estimate of drug-likeness (QED) is 0.595. The molecule has 6 nitrogen and oxygen atoms in total. The Balaban J connectivity index is 1.71. The van der Waals surface area contributed by atoms with Crippen LogP contribution in [0.1, 0.15) is 5.56 Å². The van der Waals surface area contributed by atoms with E-state index in [-0.39, 0.29) is 0 Å². The molecule has 4 rings (SSSR count). The van der Waals surface area contributed by atoms with Crippen molar-refractivity contribution in [2.75, 3.05) is 12.4 Å². The monoisotopic (exact) mass is 343 g/mol. The summed E-state index contributed by atoms with van der Waals surface area (Å²) in [6, 6.07) is 15.6. The fraction of sp³-hybridized carbons (Fsp3) is 0.100. The predicted octanol–water partition coefficient (Wildman–Crippen LogP) is 3.71. The molecular weight excluding hydrogens is 326 g/mol. The first-order valence-corrected chi connectivity index (χ1v) is 8.23. The Morgan fingerprint density at radius 3 is 2.65 bits per heavy atom. The van der Waals surface area contributed by atoms with Crippen molar-refractivity contribution in [2.24, 2.45) is 0 Å². The van der Waals surface area contributed by atoms with Gasteiger partial charge < -0.3 is 10.1 Å². The minimum absolute atomic E-state index is 0.592. The molecule has 0 radical (unpaired) electrons. The maximum Gasteiger partial charge on any atom is 0.213 e. The van der Waals surface area contributed by atoms with Gasteiger partial charge in [-0.3, -0.25) is 4.98 Å². The molecule has 0 unspecified atom stereocenters. The largest absolute Gasteiger partial charge is 0.481 e. The van der Waals surface area contributed by atoms with Crippen molar-refractivity contribution in [3.8, 4) is 17.3 Å². The van der Waals surface area contributed by atoms with Crippen LogP contribution in [0.2, 0.25) is 0 Å². The van der Waals surface area contributed by atoms with Gasteiger partial charge >= 0.3 is 0 Å². The van der Waals surface area contributed by atoms with Crippen molar-refractivity contribution in [1.82, 2.24) is 19.9 Å². The van der Waals surface area contributed by atoms with Gasteiger partial charge in [-0.1, -0.05) is 12.1 Å². The molecule has 0 fully saturated rings. The third kappa shape index (κ3) is 3.30. The number of nitrogens with one attached hydrogen (secondary N) is 1. The Hall–Kier alpha value is -3.54. The van der Waals surface area contributed by atoms with E-state index in [0.29, 0.717) is 18.2 Å². The van der Waals surface area contributed by atoms with E-state index < -0.39 is 0 Å². The van der Waals surface area contributed by atoms with Gasteiger partial charge in [0.2, 0.25) is 5.88 Å². The zero-order chi connectivity index (χ0) is 17.8. The molecule has 0 saturated heterocycles. The lowest BCUT2D eigenvalue weighted by atomic mass is 10.2. The molecule has 0 aliphatic heterocycles. The highest BCUT2D eigenvalue weighted by molar-refractivity contribution is 5.90. The van der Waals surface area contributed by atoms with Crippen LogP contribution in [0.15, 0.2) is 67.1 Å². The van der Waals surface area contributed by atoms with Gasteiger partial charge in [0.05, 0.1) is 12.6 Å². The standard InChI is InChI=1S/C20H17N5O/c1-26-18-12-14(6-11-22-18)13-23-20-16-4-2-3-5-17(16)24-19(25-20)15-7-9-21-10-8-15/h2-12H,13H2,1H3,(H,23,24,25). The topological polar surface area (TPSA) is 72.8 Å². The fourth-order valence-corrected chi connectivity index (χ4v) is 2.70. The van der Waals surface area contributed by atoms with Crippen LogP contribution < -0.4 is 10.1 Å². The molecule has 4 aromatic rings. The lowest BCUT2D eigenvalue weighted by Gasteiger charge is -2.11. The summed E-state index contributed by atoms with van der Waals surface area (Å²) in [5, 5.41) is 4.39. The zero-order valence-corrected chi connectivity index (χ0v) is 14.3. The number of ether oxygens (including phenoxy) is 1. The van der Waals surface area contributed by atoms with Crippen molar-refractivity contribution in [3.05, 3.63) is 72.7 Å². The van der Waals surface area contributed by atoms with Crippen molar-refractivity contribution in [3.63, 3.8) is 0 Å². The van der Waals surface area contributed by atoms with Gasteiger partial charge in [0, 0.05) is 42.2 Å². The van der Waals surface area contributed by atoms with Crippen molar-refractivity contribution >= 4 is 16.7 Å². The van der Waals surface area contributed by atoms with E-state index in [2.05, 4.69) is 20.3 Å². The predicted molar refractivity (Wildman–Crippen MR) is 101 cm³/mol. The van der Waals surface area contributed by atoms with Crippen LogP contribution in [0, 0.1) is 0 Å². The summed E-state index contributed by atoms with van der Waals surface area (Å²) in [5.41, 5.74) is 2.88. The third-order valence-corrected chi connectivity index (χ3v) is 4.01. The van der Waals surface area contributed by atoms with Crippen LogP contribution in [0.3, 0.4) is 0 Å². The zero-order valence-electron chi connectivity index (χ0n) is 14.3. The first kappa shape index (κ1) is 16.0. The van der Waals surface area contributed by atoms with Gasteiger partial charge in [0.15, 0.2) is 5.82 Å². The highest BCUT2D eigenvalue weighted by Crippen LogP contribution is 2.25. The van der Waals surface area contributed by atoms with Crippen LogP contribution in [0.4, 0.5) is 5.82 Å². The number of para-hydroxylation sites is 1. The molecule has 3 aromatic heterocycles. The fourth-order valence-electron chi connectivity index (χ4n) is 2.70. The van der Waals surface area contributed by atoms with Crippen LogP contribution in [0.25, 0.3) is 22.3 Å². The molecular formula is C20H17N5O. The third-order valence-electron chi connectivity index (χ3n) is 4.01. The van der Waals surface area contributed by atoms with Gasteiger partial charge in [-0.15, -0.1) is 0 Å². The Labute approximate surface area is 150 Å². The van der Waals surface area contributed by atoms with Crippen LogP contribution in [-0.2, 0) is 6.54 Å². The number of benzene rings is 1. The first-order chi connectivity index (χ1) is 12.8. The van der Waals surface area contributed by atoms with E-state index in [9.17, 15) is 0 Å². The second-order valence-corrected chi connectivity index (χ2v) is 5.71. The second-order valence-electron chi connectivity index (χ2n) is 5.71. The molecule has 0 aliphatic rings. The lowest BCUT2D eigenvalue weighted by molar-refractivity contribution is 0.397. The maximum atomic E-state index is 5.18. The van der Waals surface area contributed by atoms with E-state index in [4.69, 9.17) is 9.72 Å². The average molecular weight is 343 g/mol. The molecule has 1 aromatic carbocycles. The van der Waals surface area contributed by atoms with Gasteiger partial charge in [-0.05, 0) is 35.9 Å². The molecule has 0 saturated carbocycles. The summed E-state index contributed by atoms with van der Waals surface area (Å²) in [4.78, 5) is 17.6. The van der Waals surface area contributed by atoms with Crippen LogP contribution in [0.5, 0.6) is 5.88 Å². The molecule has 6 heteroatoms. The van der Waals surface area contributed by atoms with Crippen molar-refractivity contribution < 1.29 is 4.74 Å². The molecule has 0 spiro atoms. The number of aromatic nitrogens is 4. The summed E-state index contributed by atoms with van der Waals surface area (Å²) in [6.45, 7) is 0.607. The molecule has 0 aliphatic carbocycles. The second kappa shape index (κ2) is 7.14. The number of anilines is 1. The number of hydrogen-bond acceptors (Lipinski definition) is 6. The summed E-state index contributed by atoms with van der Waals surface area (Å²) >= 11 is 0. The highest BCUT2D eigenvalue weighted by atomic mass is 16.5. The van der Waals surface area contributed by atoms with Gasteiger partial charge in [0.25, 0.3) is 0 Å². The SMILES string of the molecule is COc1cc(CNc2nc(-c3ccncc3)nc3ccccc23)ccn1. The van der Waals surface area contributed by atoms with Crippen LogP contribution in [-0.4, -0.2) is 27.0 Å². The minimum atomic E-state index is 0.592. The van der Waals surface area contributed by atoms with E-state index in [1.807, 2.05) is 48.5 Å². The Morgan fingerprint density at radius 1 is 0.962 bits per heavy atom. The lowest BCUT2D eigenvalue weighted by Crippen LogP contribution is -2.04. The summed E-state index contributed by atoms with van der Waals surface area (Å²) in [5.74, 6) is 2.05. The Bertz CT molecular complexity index is 1040. The number of methoxy groups -OCH3 is 1. The Kier molecular flexibility index (Phi) is 4.38. The molecule has 128 valence electrons. The van der Waals surface area contributed by atoms with E-state index in [1.54, 1.807) is 25.7 Å². The molecule has 0 amide bonds. The van der Waals surface area contributed by atoms with Crippen molar-refractivity contribution in [2.45, 2.75) is 6.54 Å². The number of nitrogens with zero attached hydrogens (tertiary/aromatic N) is 4. The number of pyridine rings is 2. The van der Waals surface area contributed by atoms with Gasteiger partial charge in [-0.25, -0.2) is 15.0 Å². The molecule has 0 atom stereocenters. The van der Waals surface area contributed by atoms with Crippen LogP contribution >= 0.6 is 0 Å². The van der Waals surface area contributed by atoms with Crippen molar-refractivity contribution in [1.29, 1.82) is 0 Å². The Morgan fingerprint density at radius 2 is 1.81 bits per heavy atom. The highest BCUT2D eigenvalue weighted by Gasteiger charge is 2.09. The average Bonchev–Trinajstić information content (AvgIpc) is 2.72. The molecule has 3 heterocycles. The summed E-state index contributed by atoms with van der Waals surface area (Å²) in [7, 11) is 1.61. The summed E-state index contributed by atoms with van der Waals surface area (Å²) < 4.78 is 5.18. The van der Waals surface area contributed by atoms with Gasteiger partial charge in [-0.2, -0.15) is 0 Å². The first-order valence-electron chi connectivity index (χ1n) is 8.23. The normalized spacial score (nSPS) is 10.7. The maximum absolute atomic E-state index is 5.18. The number of rotatable bonds is 5. The van der Waals surface area contributed by atoms with E-state index >= 15 is 0 Å². The minimum Gasteiger partial charge on any atom is -0.481 e. The molecule has 0 bridgehead atoms. The number of fused-ring (bicyclic) bond motifs is 1.